The van der Waals surface area contributed by atoms with E-state index in [-0.39, 0.29) is 61.2 Å². The SMILES string of the molecule is CN(c1ccc(F)c(Cc2c[nH]c3ncc(-c4ccc(N5CCN(C6CCN(c7ccc8c(c7)C(=O)N(C7CCC(=O)NC7=O)C8=O)CC6)CC5)cc4)cc23)c1F)S(=O)(=O)N1CC[C@@H](F)C1. The lowest BCUT2D eigenvalue weighted by Crippen LogP contribution is -2.54. The van der Waals surface area contributed by atoms with E-state index in [0.29, 0.717) is 22.6 Å². The lowest BCUT2D eigenvalue weighted by molar-refractivity contribution is -0.136. The Labute approximate surface area is 379 Å². The van der Waals surface area contributed by atoms with Crippen molar-refractivity contribution in [3.63, 3.8) is 0 Å². The fraction of sp³-hybridized carbons (Fsp3) is 0.383. The van der Waals surface area contributed by atoms with Crippen LogP contribution in [0.4, 0.5) is 30.2 Å². The van der Waals surface area contributed by atoms with Crippen molar-refractivity contribution in [2.75, 3.05) is 73.5 Å². The van der Waals surface area contributed by atoms with E-state index in [2.05, 4.69) is 42.1 Å². The number of piperazine rings is 1. The van der Waals surface area contributed by atoms with Crippen LogP contribution in [0.15, 0.2) is 73.1 Å². The standard InChI is InChI=1S/C47H48F3N9O6S/c1-54(66(64,65)58-17-12-31(48)27-58)40-9-8-39(49)38(43(40)50)23-30-26-52-44-36(30)22-29(25-51-44)28-2-4-32(5-3-28)56-18-20-57(21-19-56)33-13-15-55(16-14-33)34-6-7-35-37(24-34)47(63)59(46(35)62)41-10-11-42(60)53-45(41)61/h2-9,22,24-26,31,33,41H,10-21,23,27H2,1H3,(H,51,52)(H,53,60,61)/t31-,41?/m1/s1. The molecule has 0 spiro atoms. The number of hydrogen-bond acceptors (Lipinski definition) is 10. The minimum atomic E-state index is -4.23. The third kappa shape index (κ3) is 7.85. The molecule has 0 aliphatic carbocycles. The molecule has 0 radical (unpaired) electrons. The number of pyridine rings is 1. The maximum atomic E-state index is 16.0. The van der Waals surface area contributed by atoms with Gasteiger partial charge in [-0.1, -0.05) is 12.1 Å². The molecule has 15 nitrogen and oxygen atoms in total. The molecule has 5 aromatic rings. The van der Waals surface area contributed by atoms with Crippen LogP contribution in [0.1, 0.15) is 63.9 Å². The molecule has 344 valence electrons. The summed E-state index contributed by atoms with van der Waals surface area (Å²) in [7, 11) is -3.05. The largest absolute Gasteiger partial charge is 0.371 e. The number of carbonyl (C=O) groups is 4. The number of rotatable bonds is 10. The molecule has 66 heavy (non-hydrogen) atoms. The van der Waals surface area contributed by atoms with Gasteiger partial charge in [0.2, 0.25) is 11.8 Å². The number of alkyl halides is 1. The van der Waals surface area contributed by atoms with E-state index in [1.54, 1.807) is 24.5 Å². The molecule has 1 unspecified atom stereocenters. The van der Waals surface area contributed by atoms with Crippen molar-refractivity contribution in [2.24, 2.45) is 0 Å². The molecule has 10 rings (SSSR count). The highest BCUT2D eigenvalue weighted by molar-refractivity contribution is 7.90. The van der Waals surface area contributed by atoms with Crippen LogP contribution in [0.3, 0.4) is 0 Å². The molecule has 3 aromatic carbocycles. The van der Waals surface area contributed by atoms with E-state index < -0.39 is 57.7 Å². The number of halogens is 3. The Bertz CT molecular complexity index is 2880. The van der Waals surface area contributed by atoms with Gasteiger partial charge in [-0.05, 0) is 85.3 Å². The molecule has 19 heteroatoms. The van der Waals surface area contributed by atoms with Crippen molar-refractivity contribution in [3.05, 3.63) is 107 Å². The Morgan fingerprint density at radius 1 is 0.788 bits per heavy atom. The van der Waals surface area contributed by atoms with Crippen molar-refractivity contribution in [3.8, 4) is 11.1 Å². The molecule has 0 saturated carbocycles. The van der Waals surface area contributed by atoms with Crippen LogP contribution >= 0.6 is 0 Å². The maximum absolute atomic E-state index is 16.0. The van der Waals surface area contributed by atoms with Crippen molar-refractivity contribution in [1.82, 2.24) is 29.4 Å². The quantitative estimate of drug-likeness (QED) is 0.182. The highest BCUT2D eigenvalue weighted by Gasteiger charge is 2.45. The van der Waals surface area contributed by atoms with E-state index in [9.17, 15) is 32.0 Å². The van der Waals surface area contributed by atoms with Crippen molar-refractivity contribution >= 4 is 61.9 Å². The monoisotopic (exact) mass is 923 g/mol. The van der Waals surface area contributed by atoms with Crippen LogP contribution in [0.5, 0.6) is 0 Å². The van der Waals surface area contributed by atoms with E-state index in [1.165, 1.54) is 7.05 Å². The molecule has 4 amide bonds. The number of hydrogen-bond donors (Lipinski definition) is 2. The Morgan fingerprint density at radius 3 is 2.21 bits per heavy atom. The Morgan fingerprint density at radius 2 is 1.50 bits per heavy atom. The molecular formula is C47H48F3N9O6S. The number of nitrogens with one attached hydrogen (secondary N) is 2. The summed E-state index contributed by atoms with van der Waals surface area (Å²) < 4.78 is 73.2. The average molecular weight is 924 g/mol. The molecule has 4 fully saturated rings. The van der Waals surface area contributed by atoms with Gasteiger partial charge in [0.05, 0.1) is 16.8 Å². The van der Waals surface area contributed by atoms with Crippen molar-refractivity contribution < 1.29 is 40.8 Å². The van der Waals surface area contributed by atoms with Gasteiger partial charge in [-0.25, -0.2) is 18.2 Å². The number of benzene rings is 3. The summed E-state index contributed by atoms with van der Waals surface area (Å²) in [4.78, 5) is 66.5. The number of amides is 4. The topological polar surface area (TPSA) is 163 Å². The summed E-state index contributed by atoms with van der Waals surface area (Å²) in [5, 5.41) is 2.91. The van der Waals surface area contributed by atoms with Gasteiger partial charge in [0.15, 0.2) is 5.82 Å². The zero-order chi connectivity index (χ0) is 46.0. The highest BCUT2D eigenvalue weighted by atomic mass is 32.2. The molecule has 4 saturated heterocycles. The van der Waals surface area contributed by atoms with Gasteiger partial charge in [-0.15, -0.1) is 0 Å². The number of nitrogens with zero attached hydrogens (tertiary/aromatic N) is 7. The smallest absolute Gasteiger partial charge is 0.304 e. The number of carbonyl (C=O) groups excluding carboxylic acids is 4. The van der Waals surface area contributed by atoms with Gasteiger partial charge in [-0.2, -0.15) is 12.7 Å². The van der Waals surface area contributed by atoms with Gasteiger partial charge >= 0.3 is 10.2 Å². The highest BCUT2D eigenvalue weighted by Crippen LogP contribution is 2.35. The number of piperidine rings is 2. The first-order chi connectivity index (χ1) is 31.7. The first kappa shape index (κ1) is 43.6. The predicted octanol–water partition coefficient (Wildman–Crippen LogP) is 5.02. The Kier molecular flexibility index (Phi) is 11.3. The lowest BCUT2D eigenvalue weighted by Gasteiger charge is -2.44. The van der Waals surface area contributed by atoms with Gasteiger partial charge in [0.25, 0.3) is 11.8 Å². The molecule has 5 aliphatic rings. The molecule has 7 heterocycles. The Hall–Kier alpha value is -6.31. The van der Waals surface area contributed by atoms with Gasteiger partial charge < -0.3 is 14.8 Å². The number of fused-ring (bicyclic) bond motifs is 2. The summed E-state index contributed by atoms with van der Waals surface area (Å²) in [6.07, 6.45) is 4.06. The van der Waals surface area contributed by atoms with Crippen molar-refractivity contribution in [2.45, 2.75) is 56.8 Å². The second-order valence-corrected chi connectivity index (χ2v) is 19.6. The van der Waals surface area contributed by atoms with E-state index in [4.69, 9.17) is 0 Å². The van der Waals surface area contributed by atoms with Gasteiger partial charge in [-0.3, -0.25) is 38.6 Å². The second-order valence-electron chi connectivity index (χ2n) is 17.7. The summed E-state index contributed by atoms with van der Waals surface area (Å²) in [6.45, 7) is 4.78. The third-order valence-corrected chi connectivity index (χ3v) is 15.8. The van der Waals surface area contributed by atoms with Crippen LogP contribution in [0.2, 0.25) is 0 Å². The number of anilines is 3. The van der Waals surface area contributed by atoms with Crippen molar-refractivity contribution in [1.29, 1.82) is 0 Å². The first-order valence-corrected chi connectivity index (χ1v) is 23.7. The fourth-order valence-corrected chi connectivity index (χ4v) is 11.5. The maximum Gasteiger partial charge on any atom is 0.304 e. The van der Waals surface area contributed by atoms with Crippen LogP contribution in [0, 0.1) is 11.6 Å². The summed E-state index contributed by atoms with van der Waals surface area (Å²) in [5.74, 6) is -3.88. The minimum absolute atomic E-state index is 0.0204. The molecule has 0 bridgehead atoms. The Balaban J connectivity index is 0.749. The molecule has 2 N–H and O–H groups in total. The first-order valence-electron chi connectivity index (χ1n) is 22.3. The summed E-state index contributed by atoms with van der Waals surface area (Å²) in [5.41, 5.74) is 4.75. The fourth-order valence-electron chi connectivity index (χ4n) is 10.1. The average Bonchev–Trinajstić information content (AvgIpc) is 4.02. The number of aromatic nitrogens is 2. The van der Waals surface area contributed by atoms with E-state index >= 15 is 8.78 Å². The lowest BCUT2D eigenvalue weighted by atomic mass is 10.00. The molecular weight excluding hydrogens is 876 g/mol. The number of H-pyrrole nitrogens is 1. The molecule has 2 aromatic heterocycles. The minimum Gasteiger partial charge on any atom is -0.371 e. The summed E-state index contributed by atoms with van der Waals surface area (Å²) in [6, 6.07) is 17.0. The van der Waals surface area contributed by atoms with E-state index in [1.807, 2.05) is 24.3 Å². The number of imide groups is 2. The predicted molar refractivity (Wildman–Crippen MR) is 241 cm³/mol. The molecule has 2 atom stereocenters. The summed E-state index contributed by atoms with van der Waals surface area (Å²) >= 11 is 0. The second kappa shape index (κ2) is 17.2. The van der Waals surface area contributed by atoms with E-state index in [0.717, 1.165) is 100 Å². The van der Waals surface area contributed by atoms with Gasteiger partial charge in [0, 0.05) is 119 Å². The number of aromatic amines is 1. The molecule has 5 aliphatic heterocycles. The van der Waals surface area contributed by atoms with Crippen LogP contribution in [0.25, 0.3) is 22.2 Å². The zero-order valence-electron chi connectivity index (χ0n) is 36.2. The zero-order valence-corrected chi connectivity index (χ0v) is 37.0. The third-order valence-electron chi connectivity index (χ3n) is 13.9. The van der Waals surface area contributed by atoms with Crippen LogP contribution in [-0.4, -0.2) is 134 Å². The normalized spacial score (nSPS) is 21.3. The van der Waals surface area contributed by atoms with Gasteiger partial charge in [0.1, 0.15) is 23.7 Å². The van der Waals surface area contributed by atoms with Crippen LogP contribution < -0.4 is 19.4 Å². The van der Waals surface area contributed by atoms with Crippen LogP contribution in [-0.2, 0) is 26.2 Å².